The van der Waals surface area contributed by atoms with E-state index in [2.05, 4.69) is 10.3 Å². The zero-order valence-corrected chi connectivity index (χ0v) is 11.5. The van der Waals surface area contributed by atoms with Gasteiger partial charge in [-0.15, -0.1) is 0 Å². The summed E-state index contributed by atoms with van der Waals surface area (Å²) < 4.78 is 31.6. The zero-order valence-electron chi connectivity index (χ0n) is 10.8. The lowest BCUT2D eigenvalue weighted by Gasteiger charge is -2.09. The molecule has 0 unspecified atom stereocenters. The van der Waals surface area contributed by atoms with Crippen LogP contribution < -0.4 is 10.1 Å². The van der Waals surface area contributed by atoms with Gasteiger partial charge in [-0.05, 0) is 24.7 Å². The molecule has 20 heavy (non-hydrogen) atoms. The normalized spacial score (nSPS) is 10.6. The number of benzene rings is 1. The van der Waals surface area contributed by atoms with E-state index in [1.807, 2.05) is 6.92 Å². The molecule has 6 heteroatoms. The summed E-state index contributed by atoms with van der Waals surface area (Å²) in [5.74, 6) is -1.33. The van der Waals surface area contributed by atoms with Crippen molar-refractivity contribution in [3.8, 4) is 11.6 Å². The Morgan fingerprint density at radius 3 is 2.75 bits per heavy atom. The summed E-state index contributed by atoms with van der Waals surface area (Å²) in [5.41, 5.74) is 0.605. The lowest BCUT2D eigenvalue weighted by Crippen LogP contribution is -2.13. The van der Waals surface area contributed by atoms with Crippen molar-refractivity contribution in [2.75, 3.05) is 6.54 Å². The second kappa shape index (κ2) is 6.63. The SMILES string of the molecule is CCNCc1nc(Oc2ccc(F)cc2F)ccc1Cl. The standard InChI is InChI=1S/C14H13ClF2N2O/c1-2-18-8-12-10(15)4-6-14(19-12)20-13-5-3-9(16)7-11(13)17/h3-7,18H,2,8H2,1H3. The first-order chi connectivity index (χ1) is 9.60. The lowest BCUT2D eigenvalue weighted by molar-refractivity contribution is 0.421. The molecule has 2 aromatic rings. The molecule has 1 N–H and O–H groups in total. The van der Waals surface area contributed by atoms with Crippen molar-refractivity contribution < 1.29 is 13.5 Å². The van der Waals surface area contributed by atoms with Crippen molar-refractivity contribution in [2.45, 2.75) is 13.5 Å². The Kier molecular flexibility index (Phi) is 4.87. The fourth-order valence-electron chi connectivity index (χ4n) is 1.56. The maximum Gasteiger partial charge on any atom is 0.219 e. The topological polar surface area (TPSA) is 34.2 Å². The molecule has 1 aromatic heterocycles. The van der Waals surface area contributed by atoms with E-state index in [9.17, 15) is 8.78 Å². The molecule has 1 heterocycles. The maximum atomic E-state index is 13.5. The highest BCUT2D eigenvalue weighted by molar-refractivity contribution is 6.31. The minimum Gasteiger partial charge on any atom is -0.436 e. The van der Waals surface area contributed by atoms with Gasteiger partial charge in [0, 0.05) is 18.7 Å². The third-order valence-electron chi connectivity index (χ3n) is 2.54. The predicted octanol–water partition coefficient (Wildman–Crippen LogP) is 3.92. The summed E-state index contributed by atoms with van der Waals surface area (Å²) in [6.07, 6.45) is 0. The van der Waals surface area contributed by atoms with E-state index in [-0.39, 0.29) is 11.6 Å². The Hall–Kier alpha value is -1.72. The van der Waals surface area contributed by atoms with Crippen LogP contribution in [-0.2, 0) is 6.54 Å². The highest BCUT2D eigenvalue weighted by atomic mass is 35.5. The van der Waals surface area contributed by atoms with Crippen molar-refractivity contribution in [3.63, 3.8) is 0 Å². The molecular formula is C14H13ClF2N2O. The molecule has 0 saturated carbocycles. The smallest absolute Gasteiger partial charge is 0.219 e. The first-order valence-electron chi connectivity index (χ1n) is 6.09. The number of halogens is 3. The lowest BCUT2D eigenvalue weighted by atomic mass is 10.3. The summed E-state index contributed by atoms with van der Waals surface area (Å²) in [6.45, 7) is 3.22. The van der Waals surface area contributed by atoms with Crippen molar-refractivity contribution in [2.24, 2.45) is 0 Å². The Labute approximate surface area is 120 Å². The van der Waals surface area contributed by atoms with Gasteiger partial charge in [-0.2, -0.15) is 0 Å². The van der Waals surface area contributed by atoms with Crippen molar-refractivity contribution >= 4 is 11.6 Å². The molecule has 0 radical (unpaired) electrons. The van der Waals surface area contributed by atoms with Crippen LogP contribution in [-0.4, -0.2) is 11.5 Å². The maximum absolute atomic E-state index is 13.5. The molecule has 0 atom stereocenters. The van der Waals surface area contributed by atoms with E-state index in [1.54, 1.807) is 6.07 Å². The van der Waals surface area contributed by atoms with Crippen LogP contribution in [0.2, 0.25) is 5.02 Å². The Morgan fingerprint density at radius 2 is 2.05 bits per heavy atom. The van der Waals surface area contributed by atoms with Crippen LogP contribution >= 0.6 is 11.6 Å². The second-order valence-electron chi connectivity index (χ2n) is 4.04. The Bertz CT molecular complexity index is 608. The number of aromatic nitrogens is 1. The average Bonchev–Trinajstić information content (AvgIpc) is 2.42. The fraction of sp³-hybridized carbons (Fsp3) is 0.214. The van der Waals surface area contributed by atoms with Gasteiger partial charge in [0.25, 0.3) is 0 Å². The van der Waals surface area contributed by atoms with E-state index >= 15 is 0 Å². The number of rotatable bonds is 5. The van der Waals surface area contributed by atoms with Gasteiger partial charge in [-0.25, -0.2) is 13.8 Å². The van der Waals surface area contributed by atoms with Crippen LogP contribution in [0.5, 0.6) is 11.6 Å². The quantitative estimate of drug-likeness (QED) is 0.908. The van der Waals surface area contributed by atoms with Gasteiger partial charge in [-0.3, -0.25) is 0 Å². The van der Waals surface area contributed by atoms with Crippen LogP contribution in [0.1, 0.15) is 12.6 Å². The summed E-state index contributed by atoms with van der Waals surface area (Å²) in [7, 11) is 0. The molecule has 0 saturated heterocycles. The molecule has 0 spiro atoms. The van der Waals surface area contributed by atoms with Gasteiger partial charge in [0.15, 0.2) is 11.6 Å². The first kappa shape index (κ1) is 14.7. The van der Waals surface area contributed by atoms with E-state index < -0.39 is 11.6 Å². The number of pyridine rings is 1. The van der Waals surface area contributed by atoms with E-state index in [0.29, 0.717) is 17.3 Å². The Morgan fingerprint density at radius 1 is 1.25 bits per heavy atom. The fourth-order valence-corrected chi connectivity index (χ4v) is 1.73. The number of ether oxygens (including phenoxy) is 1. The van der Waals surface area contributed by atoms with Gasteiger partial charge in [0.2, 0.25) is 5.88 Å². The first-order valence-corrected chi connectivity index (χ1v) is 6.47. The molecule has 0 aliphatic rings. The molecule has 0 fully saturated rings. The van der Waals surface area contributed by atoms with Gasteiger partial charge >= 0.3 is 0 Å². The molecule has 0 amide bonds. The minimum absolute atomic E-state index is 0.0874. The molecule has 106 valence electrons. The predicted molar refractivity (Wildman–Crippen MR) is 73.1 cm³/mol. The van der Waals surface area contributed by atoms with E-state index in [4.69, 9.17) is 16.3 Å². The number of hydrogen-bond donors (Lipinski definition) is 1. The van der Waals surface area contributed by atoms with Crippen LogP contribution in [0, 0.1) is 11.6 Å². The molecular weight excluding hydrogens is 286 g/mol. The van der Waals surface area contributed by atoms with Gasteiger partial charge in [0.05, 0.1) is 10.7 Å². The number of hydrogen-bond acceptors (Lipinski definition) is 3. The molecule has 0 aliphatic heterocycles. The zero-order chi connectivity index (χ0) is 14.5. The average molecular weight is 299 g/mol. The van der Waals surface area contributed by atoms with Crippen molar-refractivity contribution in [3.05, 3.63) is 52.7 Å². The summed E-state index contributed by atoms with van der Waals surface area (Å²) >= 11 is 6.01. The van der Waals surface area contributed by atoms with Crippen LogP contribution in [0.3, 0.4) is 0 Å². The largest absolute Gasteiger partial charge is 0.436 e. The third kappa shape index (κ3) is 3.65. The van der Waals surface area contributed by atoms with Crippen molar-refractivity contribution in [1.29, 1.82) is 0 Å². The van der Waals surface area contributed by atoms with Gasteiger partial charge < -0.3 is 10.1 Å². The monoisotopic (exact) mass is 298 g/mol. The summed E-state index contributed by atoms with van der Waals surface area (Å²) in [6, 6.07) is 6.24. The molecule has 1 aromatic carbocycles. The number of nitrogens with zero attached hydrogens (tertiary/aromatic N) is 1. The highest BCUT2D eigenvalue weighted by Crippen LogP contribution is 2.25. The summed E-state index contributed by atoms with van der Waals surface area (Å²) in [5, 5.41) is 3.59. The molecule has 2 rings (SSSR count). The van der Waals surface area contributed by atoms with Crippen LogP contribution in [0.4, 0.5) is 8.78 Å². The van der Waals surface area contributed by atoms with Crippen LogP contribution in [0.15, 0.2) is 30.3 Å². The third-order valence-corrected chi connectivity index (χ3v) is 2.89. The highest BCUT2D eigenvalue weighted by Gasteiger charge is 2.09. The number of nitrogens with one attached hydrogen (secondary N) is 1. The molecule has 0 bridgehead atoms. The molecule has 0 aliphatic carbocycles. The van der Waals surface area contributed by atoms with Gasteiger partial charge in [-0.1, -0.05) is 18.5 Å². The molecule has 3 nitrogen and oxygen atoms in total. The minimum atomic E-state index is -0.782. The Balaban J connectivity index is 2.20. The summed E-state index contributed by atoms with van der Waals surface area (Å²) in [4.78, 5) is 4.19. The second-order valence-corrected chi connectivity index (χ2v) is 4.44. The van der Waals surface area contributed by atoms with Gasteiger partial charge in [0.1, 0.15) is 5.82 Å². The van der Waals surface area contributed by atoms with E-state index in [0.717, 1.165) is 18.7 Å². The van der Waals surface area contributed by atoms with Crippen molar-refractivity contribution in [1.82, 2.24) is 10.3 Å². The van der Waals surface area contributed by atoms with Crippen LogP contribution in [0.25, 0.3) is 0 Å². The van der Waals surface area contributed by atoms with E-state index in [1.165, 1.54) is 12.1 Å².